The fraction of sp³-hybridized carbons (Fsp3) is 0.429. The van der Waals surface area contributed by atoms with E-state index in [0.29, 0.717) is 11.1 Å². The van der Waals surface area contributed by atoms with E-state index in [2.05, 4.69) is 0 Å². The maximum absolute atomic E-state index is 12.0. The van der Waals surface area contributed by atoms with Gasteiger partial charge in [-0.15, -0.1) is 0 Å². The van der Waals surface area contributed by atoms with Crippen molar-refractivity contribution in [2.75, 3.05) is 0 Å². The van der Waals surface area contributed by atoms with Crippen LogP contribution >= 0.6 is 0 Å². The Kier molecular flexibility index (Phi) is 2.78. The second-order valence-electron chi connectivity index (χ2n) is 4.75. The van der Waals surface area contributed by atoms with Gasteiger partial charge in [-0.2, -0.15) is 0 Å². The zero-order chi connectivity index (χ0) is 12.5. The van der Waals surface area contributed by atoms with Crippen molar-refractivity contribution in [1.82, 2.24) is 0 Å². The Morgan fingerprint density at radius 1 is 0.889 bits per heavy atom. The molecule has 18 heavy (non-hydrogen) atoms. The van der Waals surface area contributed by atoms with Crippen molar-refractivity contribution < 1.29 is 19.1 Å². The van der Waals surface area contributed by atoms with E-state index in [9.17, 15) is 9.59 Å². The highest BCUT2D eigenvalue weighted by Gasteiger charge is 2.33. The highest BCUT2D eigenvalue weighted by molar-refractivity contribution is 5.95. The number of carbonyl (C=O) groups excluding carboxylic acids is 2. The van der Waals surface area contributed by atoms with E-state index >= 15 is 0 Å². The Morgan fingerprint density at radius 3 is 1.89 bits per heavy atom. The Balaban J connectivity index is 1.98. The Morgan fingerprint density at radius 2 is 1.39 bits per heavy atom. The van der Waals surface area contributed by atoms with Gasteiger partial charge in [-0.1, -0.05) is 6.07 Å². The zero-order valence-electron chi connectivity index (χ0n) is 9.93. The molecule has 94 valence electrons. The van der Waals surface area contributed by atoms with Gasteiger partial charge in [-0.3, -0.25) is 0 Å². The van der Waals surface area contributed by atoms with Crippen LogP contribution in [-0.2, 0) is 9.47 Å². The van der Waals surface area contributed by atoms with Crippen molar-refractivity contribution in [3.63, 3.8) is 0 Å². The molecule has 1 heterocycles. The number of ether oxygens (including phenoxy) is 2. The minimum atomic E-state index is -0.368. The number of hydrogen-bond donors (Lipinski definition) is 0. The lowest BCUT2D eigenvalue weighted by molar-refractivity contribution is -0.0505. The first-order chi connectivity index (χ1) is 8.74. The van der Waals surface area contributed by atoms with Gasteiger partial charge in [0.2, 0.25) is 0 Å². The topological polar surface area (TPSA) is 52.6 Å². The van der Waals surface area contributed by atoms with Crippen molar-refractivity contribution in [2.24, 2.45) is 0 Å². The third-order valence-electron chi connectivity index (χ3n) is 3.49. The van der Waals surface area contributed by atoms with Gasteiger partial charge in [0.15, 0.2) is 0 Å². The summed E-state index contributed by atoms with van der Waals surface area (Å²) in [4.78, 5) is 23.9. The minimum absolute atomic E-state index is 0.301. The normalized spacial score (nSPS) is 27.1. The van der Waals surface area contributed by atoms with Gasteiger partial charge in [0, 0.05) is 0 Å². The molecule has 0 radical (unpaired) electrons. The number of fused-ring (bicyclic) bond motifs is 3. The van der Waals surface area contributed by atoms with E-state index in [4.69, 9.17) is 9.47 Å². The average molecular weight is 246 g/mol. The van der Waals surface area contributed by atoms with Gasteiger partial charge >= 0.3 is 11.9 Å². The fourth-order valence-electron chi connectivity index (χ4n) is 2.52. The second-order valence-corrected chi connectivity index (χ2v) is 4.75. The average Bonchev–Trinajstić information content (AvgIpc) is 2.43. The van der Waals surface area contributed by atoms with Crippen molar-refractivity contribution in [3.8, 4) is 0 Å². The summed E-state index contributed by atoms with van der Waals surface area (Å²) in [5, 5.41) is 0. The molecule has 1 saturated carbocycles. The van der Waals surface area contributed by atoms with Crippen LogP contribution in [0.4, 0.5) is 0 Å². The summed E-state index contributed by atoms with van der Waals surface area (Å²) < 4.78 is 10.9. The highest BCUT2D eigenvalue weighted by atomic mass is 16.6. The van der Waals surface area contributed by atoms with E-state index in [0.717, 1.165) is 25.7 Å². The molecule has 0 amide bonds. The first-order valence-electron chi connectivity index (χ1n) is 6.26. The first-order valence-corrected chi connectivity index (χ1v) is 6.26. The molecule has 2 aliphatic rings. The third kappa shape index (κ3) is 1.98. The number of esters is 2. The third-order valence-corrected chi connectivity index (χ3v) is 3.49. The van der Waals surface area contributed by atoms with Crippen LogP contribution in [0.3, 0.4) is 0 Å². The molecule has 1 fully saturated rings. The molecule has 1 aromatic carbocycles. The van der Waals surface area contributed by atoms with Gasteiger partial charge in [0.05, 0.1) is 11.1 Å². The van der Waals surface area contributed by atoms with Gasteiger partial charge in [0.25, 0.3) is 0 Å². The predicted molar refractivity (Wildman–Crippen MR) is 63.3 cm³/mol. The van der Waals surface area contributed by atoms with Crippen molar-refractivity contribution in [1.29, 1.82) is 0 Å². The standard InChI is InChI=1S/C14H14O4/c15-13-9-4-3-5-10(8-9)14(16)18-12-7-2-1-6-11(12)17-13/h3-5,8,11-12H,1-2,6-7H2. The number of hydrogen-bond acceptors (Lipinski definition) is 4. The predicted octanol–water partition coefficient (Wildman–Crippen LogP) is 2.33. The summed E-state index contributed by atoms with van der Waals surface area (Å²) in [7, 11) is 0. The summed E-state index contributed by atoms with van der Waals surface area (Å²) in [5.41, 5.74) is 0.825. The Bertz CT molecular complexity index is 453. The lowest BCUT2D eigenvalue weighted by Gasteiger charge is -2.29. The molecular formula is C14H14O4. The van der Waals surface area contributed by atoms with Crippen LogP contribution in [0.25, 0.3) is 0 Å². The van der Waals surface area contributed by atoms with Crippen LogP contribution in [0.2, 0.25) is 0 Å². The second kappa shape index (κ2) is 4.44. The quantitative estimate of drug-likeness (QED) is 0.659. The lowest BCUT2D eigenvalue weighted by Crippen LogP contribution is -2.37. The number of rotatable bonds is 0. The minimum Gasteiger partial charge on any atom is -0.455 e. The largest absolute Gasteiger partial charge is 0.455 e. The molecular weight excluding hydrogens is 232 g/mol. The van der Waals surface area contributed by atoms with Crippen LogP contribution in [0.1, 0.15) is 46.4 Å². The van der Waals surface area contributed by atoms with E-state index in [-0.39, 0.29) is 24.1 Å². The van der Waals surface area contributed by atoms with Crippen molar-refractivity contribution in [3.05, 3.63) is 35.4 Å². The molecule has 4 nitrogen and oxygen atoms in total. The van der Waals surface area contributed by atoms with Gasteiger partial charge in [-0.05, 0) is 43.9 Å². The van der Waals surface area contributed by atoms with Crippen LogP contribution in [0, 0.1) is 0 Å². The first kappa shape index (κ1) is 11.3. The Hall–Kier alpha value is -1.84. The summed E-state index contributed by atoms with van der Waals surface area (Å²) >= 11 is 0. The summed E-state index contributed by atoms with van der Waals surface area (Å²) in [6.45, 7) is 0. The summed E-state index contributed by atoms with van der Waals surface area (Å²) in [6.07, 6.45) is 2.93. The molecule has 2 bridgehead atoms. The monoisotopic (exact) mass is 246 g/mol. The smallest absolute Gasteiger partial charge is 0.338 e. The molecule has 0 spiro atoms. The maximum Gasteiger partial charge on any atom is 0.338 e. The van der Waals surface area contributed by atoms with E-state index in [1.165, 1.54) is 6.07 Å². The zero-order valence-corrected chi connectivity index (χ0v) is 9.93. The van der Waals surface area contributed by atoms with Crippen LogP contribution in [-0.4, -0.2) is 24.1 Å². The highest BCUT2D eigenvalue weighted by Crippen LogP contribution is 2.27. The van der Waals surface area contributed by atoms with Gasteiger partial charge < -0.3 is 9.47 Å². The van der Waals surface area contributed by atoms with Gasteiger partial charge in [0.1, 0.15) is 12.2 Å². The molecule has 4 heteroatoms. The van der Waals surface area contributed by atoms with Crippen molar-refractivity contribution in [2.45, 2.75) is 37.9 Å². The van der Waals surface area contributed by atoms with E-state index in [1.807, 2.05) is 0 Å². The molecule has 3 rings (SSSR count). The number of benzene rings is 1. The van der Waals surface area contributed by atoms with Gasteiger partial charge in [-0.25, -0.2) is 9.59 Å². The SMILES string of the molecule is O=C1OC2CCCCC2OC(=O)c2cccc1c2. The van der Waals surface area contributed by atoms with Crippen LogP contribution in [0.5, 0.6) is 0 Å². The van der Waals surface area contributed by atoms with Crippen LogP contribution < -0.4 is 0 Å². The molecule has 0 N–H and O–H groups in total. The fourth-order valence-corrected chi connectivity index (χ4v) is 2.52. The Labute approximate surface area is 105 Å². The molecule has 1 aliphatic carbocycles. The molecule has 1 aromatic rings. The summed E-state index contributed by atoms with van der Waals surface area (Å²) in [6, 6.07) is 6.51. The van der Waals surface area contributed by atoms with E-state index in [1.54, 1.807) is 18.2 Å². The maximum atomic E-state index is 12.0. The van der Waals surface area contributed by atoms with E-state index < -0.39 is 0 Å². The molecule has 0 saturated heterocycles. The molecule has 2 unspecified atom stereocenters. The molecule has 1 aliphatic heterocycles. The van der Waals surface area contributed by atoms with Crippen molar-refractivity contribution >= 4 is 11.9 Å². The lowest BCUT2D eigenvalue weighted by atomic mass is 9.94. The molecule has 2 atom stereocenters. The molecule has 0 aromatic heterocycles. The summed E-state index contributed by atoms with van der Waals surface area (Å²) in [5.74, 6) is -0.737. The number of carbonyl (C=O) groups is 2. The van der Waals surface area contributed by atoms with Crippen LogP contribution in [0.15, 0.2) is 24.3 Å².